The van der Waals surface area contributed by atoms with E-state index in [1.807, 2.05) is 19.1 Å². The van der Waals surface area contributed by atoms with E-state index in [9.17, 15) is 4.79 Å². The number of carbonyl (C=O) groups excluding carboxylic acids is 1. The van der Waals surface area contributed by atoms with Crippen LogP contribution in [0, 0.1) is 0 Å². The van der Waals surface area contributed by atoms with Crippen LogP contribution < -0.4 is 20.1 Å². The molecule has 0 unspecified atom stereocenters. The smallest absolute Gasteiger partial charge is 0.233 e. The van der Waals surface area contributed by atoms with Crippen LogP contribution in [0.2, 0.25) is 5.02 Å². The van der Waals surface area contributed by atoms with E-state index in [-0.39, 0.29) is 12.5 Å². The molecule has 0 radical (unpaired) electrons. The molecule has 0 spiro atoms. The molecule has 104 valence electrons. The van der Waals surface area contributed by atoms with Crippen molar-refractivity contribution in [3.63, 3.8) is 0 Å². The zero-order chi connectivity index (χ0) is 13.7. The summed E-state index contributed by atoms with van der Waals surface area (Å²) < 4.78 is 10.9. The van der Waals surface area contributed by atoms with E-state index >= 15 is 0 Å². The SMILES string of the molecule is CCNC(=O)CNCc1cc(Cl)c2c(c1)OCCO2. The molecular formula is C13H17ClN2O3. The van der Waals surface area contributed by atoms with Crippen molar-refractivity contribution in [2.75, 3.05) is 26.3 Å². The standard InChI is InChI=1S/C13H17ClN2O3/c1-2-16-12(17)8-15-7-9-5-10(14)13-11(6-9)18-3-4-19-13/h5-6,15H,2-4,7-8H2,1H3,(H,16,17). The van der Waals surface area contributed by atoms with Gasteiger partial charge < -0.3 is 20.1 Å². The molecule has 6 heteroatoms. The monoisotopic (exact) mass is 284 g/mol. The van der Waals surface area contributed by atoms with E-state index in [0.717, 1.165) is 5.56 Å². The van der Waals surface area contributed by atoms with Gasteiger partial charge in [0.15, 0.2) is 11.5 Å². The van der Waals surface area contributed by atoms with Crippen molar-refractivity contribution < 1.29 is 14.3 Å². The predicted molar refractivity (Wildman–Crippen MR) is 72.8 cm³/mol. The van der Waals surface area contributed by atoms with Gasteiger partial charge in [0, 0.05) is 13.1 Å². The minimum absolute atomic E-state index is 0.0221. The Bertz CT molecular complexity index is 465. The summed E-state index contributed by atoms with van der Waals surface area (Å²) in [6.45, 7) is 4.39. The minimum Gasteiger partial charge on any atom is -0.486 e. The molecule has 0 atom stereocenters. The molecule has 1 heterocycles. The van der Waals surface area contributed by atoms with Crippen molar-refractivity contribution in [2.24, 2.45) is 0 Å². The molecule has 5 nitrogen and oxygen atoms in total. The first-order chi connectivity index (χ1) is 9.20. The Hall–Kier alpha value is -1.46. The van der Waals surface area contributed by atoms with Crippen molar-refractivity contribution in [1.29, 1.82) is 0 Å². The lowest BCUT2D eigenvalue weighted by Gasteiger charge is -2.20. The van der Waals surface area contributed by atoms with Gasteiger partial charge in [-0.1, -0.05) is 11.6 Å². The van der Waals surface area contributed by atoms with Crippen LogP contribution in [0.3, 0.4) is 0 Å². The van der Waals surface area contributed by atoms with E-state index < -0.39 is 0 Å². The third-order valence-corrected chi connectivity index (χ3v) is 2.93. The van der Waals surface area contributed by atoms with Crippen LogP contribution in [-0.4, -0.2) is 32.2 Å². The molecule has 19 heavy (non-hydrogen) atoms. The molecule has 1 aliphatic heterocycles. The number of likely N-dealkylation sites (N-methyl/N-ethyl adjacent to an activating group) is 1. The molecule has 2 N–H and O–H groups in total. The van der Waals surface area contributed by atoms with E-state index in [2.05, 4.69) is 10.6 Å². The molecular weight excluding hydrogens is 268 g/mol. The lowest BCUT2D eigenvalue weighted by Crippen LogP contribution is -2.33. The Morgan fingerprint density at radius 2 is 2.16 bits per heavy atom. The first kappa shape index (κ1) is 14.0. The maximum Gasteiger partial charge on any atom is 0.233 e. The Labute approximate surface area is 117 Å². The fourth-order valence-electron chi connectivity index (χ4n) is 1.85. The maximum absolute atomic E-state index is 11.3. The largest absolute Gasteiger partial charge is 0.486 e. The molecule has 0 bridgehead atoms. The summed E-state index contributed by atoms with van der Waals surface area (Å²) in [5.41, 5.74) is 0.957. The Morgan fingerprint density at radius 1 is 1.37 bits per heavy atom. The number of fused-ring (bicyclic) bond motifs is 1. The number of hydrogen-bond acceptors (Lipinski definition) is 4. The van der Waals surface area contributed by atoms with E-state index in [1.54, 1.807) is 0 Å². The van der Waals surface area contributed by atoms with Crippen molar-refractivity contribution in [3.8, 4) is 11.5 Å². The summed E-state index contributed by atoms with van der Waals surface area (Å²) in [5.74, 6) is 1.24. The van der Waals surface area contributed by atoms with Gasteiger partial charge in [-0.05, 0) is 24.6 Å². The van der Waals surface area contributed by atoms with Gasteiger partial charge in [0.25, 0.3) is 0 Å². The second kappa shape index (κ2) is 6.63. The molecule has 0 saturated carbocycles. The molecule has 0 saturated heterocycles. The second-order valence-corrected chi connectivity index (χ2v) is 4.57. The summed E-state index contributed by atoms with van der Waals surface area (Å²) in [4.78, 5) is 11.3. The quantitative estimate of drug-likeness (QED) is 0.857. The number of carbonyl (C=O) groups is 1. The van der Waals surface area contributed by atoms with Crippen molar-refractivity contribution >= 4 is 17.5 Å². The third kappa shape index (κ3) is 3.75. The summed E-state index contributed by atoms with van der Waals surface area (Å²) in [5, 5.41) is 6.31. The predicted octanol–water partition coefficient (Wildman–Crippen LogP) is 1.34. The second-order valence-electron chi connectivity index (χ2n) is 4.16. The molecule has 1 aliphatic rings. The van der Waals surface area contributed by atoms with E-state index in [1.165, 1.54) is 0 Å². The van der Waals surface area contributed by atoms with E-state index in [0.29, 0.717) is 42.8 Å². The number of ether oxygens (including phenoxy) is 2. The molecule has 2 rings (SSSR count). The zero-order valence-corrected chi connectivity index (χ0v) is 11.5. The van der Waals surface area contributed by atoms with Crippen LogP contribution in [0.1, 0.15) is 12.5 Å². The number of benzene rings is 1. The van der Waals surface area contributed by atoms with Crippen LogP contribution in [-0.2, 0) is 11.3 Å². The zero-order valence-electron chi connectivity index (χ0n) is 10.8. The Kier molecular flexibility index (Phi) is 4.87. The number of nitrogens with one attached hydrogen (secondary N) is 2. The van der Waals surface area contributed by atoms with Gasteiger partial charge in [-0.25, -0.2) is 0 Å². The molecule has 1 aromatic rings. The average molecular weight is 285 g/mol. The van der Waals surface area contributed by atoms with Gasteiger partial charge in [0.1, 0.15) is 13.2 Å². The van der Waals surface area contributed by atoms with Crippen LogP contribution in [0.4, 0.5) is 0 Å². The van der Waals surface area contributed by atoms with Crippen molar-refractivity contribution in [3.05, 3.63) is 22.7 Å². The van der Waals surface area contributed by atoms with Crippen LogP contribution in [0.25, 0.3) is 0 Å². The highest BCUT2D eigenvalue weighted by Gasteiger charge is 2.16. The summed E-state index contributed by atoms with van der Waals surface area (Å²) in [6.07, 6.45) is 0. The van der Waals surface area contributed by atoms with Gasteiger partial charge in [-0.2, -0.15) is 0 Å². The van der Waals surface area contributed by atoms with Gasteiger partial charge >= 0.3 is 0 Å². The summed E-state index contributed by atoms with van der Waals surface area (Å²) in [7, 11) is 0. The van der Waals surface area contributed by atoms with Crippen molar-refractivity contribution in [2.45, 2.75) is 13.5 Å². The van der Waals surface area contributed by atoms with Crippen LogP contribution >= 0.6 is 11.6 Å². The van der Waals surface area contributed by atoms with Crippen LogP contribution in [0.5, 0.6) is 11.5 Å². The van der Waals surface area contributed by atoms with Gasteiger partial charge in [-0.3, -0.25) is 4.79 Å². The highest BCUT2D eigenvalue weighted by atomic mass is 35.5. The van der Waals surface area contributed by atoms with Gasteiger partial charge in [0.05, 0.1) is 11.6 Å². The lowest BCUT2D eigenvalue weighted by atomic mass is 10.2. The Morgan fingerprint density at radius 3 is 2.95 bits per heavy atom. The first-order valence-electron chi connectivity index (χ1n) is 6.26. The minimum atomic E-state index is -0.0221. The fourth-order valence-corrected chi connectivity index (χ4v) is 2.13. The normalized spacial score (nSPS) is 13.2. The van der Waals surface area contributed by atoms with E-state index in [4.69, 9.17) is 21.1 Å². The van der Waals surface area contributed by atoms with Crippen LogP contribution in [0.15, 0.2) is 12.1 Å². The third-order valence-electron chi connectivity index (χ3n) is 2.65. The molecule has 0 fully saturated rings. The van der Waals surface area contributed by atoms with Crippen molar-refractivity contribution in [1.82, 2.24) is 10.6 Å². The van der Waals surface area contributed by atoms with Gasteiger partial charge in [0.2, 0.25) is 5.91 Å². The number of hydrogen-bond donors (Lipinski definition) is 2. The molecule has 0 aromatic heterocycles. The maximum atomic E-state index is 11.3. The molecule has 1 amide bonds. The highest BCUT2D eigenvalue weighted by Crippen LogP contribution is 2.38. The molecule has 0 aliphatic carbocycles. The highest BCUT2D eigenvalue weighted by molar-refractivity contribution is 6.32. The summed E-state index contributed by atoms with van der Waals surface area (Å²) >= 11 is 6.13. The molecule has 1 aromatic carbocycles. The lowest BCUT2D eigenvalue weighted by molar-refractivity contribution is -0.120. The van der Waals surface area contributed by atoms with Gasteiger partial charge in [-0.15, -0.1) is 0 Å². The summed E-state index contributed by atoms with van der Waals surface area (Å²) in [6, 6.07) is 3.70. The fraction of sp³-hybridized carbons (Fsp3) is 0.462. The first-order valence-corrected chi connectivity index (χ1v) is 6.64. The number of amides is 1. The number of rotatable bonds is 5. The Balaban J connectivity index is 1.94. The topological polar surface area (TPSA) is 59.6 Å². The average Bonchev–Trinajstić information content (AvgIpc) is 2.39. The number of halogens is 1.